The van der Waals surface area contributed by atoms with Crippen LogP contribution in [0.1, 0.15) is 19.8 Å². The highest BCUT2D eigenvalue weighted by Crippen LogP contribution is 2.28. The van der Waals surface area contributed by atoms with Crippen LogP contribution in [-0.2, 0) is 0 Å². The van der Waals surface area contributed by atoms with Crippen molar-refractivity contribution in [3.05, 3.63) is 11.9 Å². The second-order valence-corrected chi connectivity index (χ2v) is 5.38. The topological polar surface area (TPSA) is 12.4 Å². The summed E-state index contributed by atoms with van der Waals surface area (Å²) in [5, 5.41) is 0. The molecule has 15 heavy (non-hydrogen) atoms. The van der Waals surface area contributed by atoms with E-state index in [4.69, 9.17) is 0 Å². The largest absolute Gasteiger partial charge is 0.301 e. The lowest BCUT2D eigenvalue weighted by atomic mass is 10.3. The van der Waals surface area contributed by atoms with E-state index in [-0.39, 0.29) is 6.42 Å². The van der Waals surface area contributed by atoms with Crippen LogP contribution < -0.4 is 0 Å². The number of aliphatic imine (C=N–C) groups is 1. The van der Waals surface area contributed by atoms with Crippen LogP contribution in [0.4, 0.5) is 13.2 Å². The molecule has 0 fully saturated rings. The fourth-order valence-corrected chi connectivity index (χ4v) is 3.34. The van der Waals surface area contributed by atoms with E-state index < -0.39 is 11.9 Å². The second-order valence-electron chi connectivity index (χ2n) is 3.03. The fraction of sp³-hybridized carbons (Fsp3) is 0.667. The molecule has 0 unspecified atom stereocenters. The van der Waals surface area contributed by atoms with Gasteiger partial charge in [0, 0.05) is 17.9 Å². The van der Waals surface area contributed by atoms with Gasteiger partial charge in [-0.3, -0.25) is 4.99 Å². The molecule has 0 bridgehead atoms. The molecule has 1 heterocycles. The van der Waals surface area contributed by atoms with E-state index in [9.17, 15) is 13.2 Å². The molecule has 0 saturated carbocycles. The van der Waals surface area contributed by atoms with Crippen LogP contribution in [-0.4, -0.2) is 21.9 Å². The smallest absolute Gasteiger partial charge is 0.267 e. The minimum absolute atomic E-state index is 0.219. The Bertz CT molecular complexity index is 275. The van der Waals surface area contributed by atoms with Crippen molar-refractivity contribution in [2.45, 2.75) is 25.8 Å². The highest BCUT2D eigenvalue weighted by atomic mass is 32.2. The molecule has 0 aliphatic carbocycles. The summed E-state index contributed by atoms with van der Waals surface area (Å²) in [7, 11) is 0. The van der Waals surface area contributed by atoms with Crippen LogP contribution in [0.5, 0.6) is 0 Å². The molecular weight excluding hydrogens is 243 g/mol. The van der Waals surface area contributed by atoms with Gasteiger partial charge in [0.15, 0.2) is 5.83 Å². The van der Waals surface area contributed by atoms with Crippen molar-refractivity contribution in [1.29, 1.82) is 0 Å². The van der Waals surface area contributed by atoms with Crippen molar-refractivity contribution in [2.75, 3.05) is 11.5 Å². The van der Waals surface area contributed by atoms with E-state index in [0.717, 1.165) is 16.5 Å². The molecular formula is C9H12F3NS2. The SMILES string of the molecule is CC[C@H]1CSC(SCCC(F)=C(F)F)=N1. The number of halogens is 3. The first-order valence-electron chi connectivity index (χ1n) is 4.66. The Morgan fingerprint density at radius 1 is 1.53 bits per heavy atom. The monoisotopic (exact) mass is 255 g/mol. The first-order valence-corrected chi connectivity index (χ1v) is 6.63. The highest BCUT2D eigenvalue weighted by Gasteiger charge is 2.16. The number of rotatable bonds is 4. The van der Waals surface area contributed by atoms with Crippen LogP contribution in [0.2, 0.25) is 0 Å². The summed E-state index contributed by atoms with van der Waals surface area (Å²) >= 11 is 2.98. The Morgan fingerprint density at radius 2 is 2.27 bits per heavy atom. The third-order valence-corrected chi connectivity index (χ3v) is 4.28. The van der Waals surface area contributed by atoms with Crippen LogP contribution in [0, 0.1) is 0 Å². The molecule has 1 aliphatic heterocycles. The van der Waals surface area contributed by atoms with Gasteiger partial charge in [0.1, 0.15) is 4.38 Å². The molecule has 86 valence electrons. The number of nitrogens with zero attached hydrogens (tertiary/aromatic N) is 1. The first kappa shape index (κ1) is 13.0. The molecule has 0 aromatic heterocycles. The summed E-state index contributed by atoms with van der Waals surface area (Å²) in [6.45, 7) is 2.06. The molecule has 1 rings (SSSR count). The lowest BCUT2D eigenvalue weighted by molar-refractivity contribution is 0.373. The number of thioether (sulfide) groups is 2. The maximum Gasteiger partial charge on any atom is 0.301 e. The highest BCUT2D eigenvalue weighted by molar-refractivity contribution is 8.39. The van der Waals surface area contributed by atoms with Crippen LogP contribution >= 0.6 is 23.5 Å². The number of hydrogen-bond donors (Lipinski definition) is 0. The van der Waals surface area contributed by atoms with E-state index >= 15 is 0 Å². The molecule has 1 aliphatic rings. The zero-order valence-electron chi connectivity index (χ0n) is 8.30. The standard InChI is InChI=1S/C9H12F3NS2/c1-2-6-5-15-9(13-6)14-4-3-7(10)8(11)12/h6H,2-5H2,1H3/t6-/m0/s1. The van der Waals surface area contributed by atoms with Crippen molar-refractivity contribution in [3.8, 4) is 0 Å². The van der Waals surface area contributed by atoms with E-state index in [1.807, 2.05) is 0 Å². The molecule has 0 saturated heterocycles. The molecule has 6 heteroatoms. The molecule has 0 spiro atoms. The van der Waals surface area contributed by atoms with Crippen LogP contribution in [0.15, 0.2) is 16.9 Å². The molecule has 0 aromatic carbocycles. The van der Waals surface area contributed by atoms with Crippen molar-refractivity contribution in [2.24, 2.45) is 4.99 Å². The average Bonchev–Trinajstić information content (AvgIpc) is 2.65. The Hall–Kier alpha value is -0.100. The molecule has 0 aromatic rings. The summed E-state index contributed by atoms with van der Waals surface area (Å²) in [5.41, 5.74) is 0. The third kappa shape index (κ3) is 4.51. The second kappa shape index (κ2) is 6.48. The molecule has 1 nitrogen and oxygen atoms in total. The quantitative estimate of drug-likeness (QED) is 0.750. The fourth-order valence-electron chi connectivity index (χ4n) is 1.00. The Balaban J connectivity index is 2.24. The van der Waals surface area contributed by atoms with Crippen molar-refractivity contribution in [3.63, 3.8) is 0 Å². The van der Waals surface area contributed by atoms with E-state index in [1.54, 1.807) is 11.8 Å². The van der Waals surface area contributed by atoms with Gasteiger partial charge in [0.2, 0.25) is 0 Å². The van der Waals surface area contributed by atoms with Gasteiger partial charge in [0.25, 0.3) is 0 Å². The number of hydrogen-bond acceptors (Lipinski definition) is 3. The number of allylic oxidation sites excluding steroid dienone is 1. The lowest BCUT2D eigenvalue weighted by Gasteiger charge is -1.97. The summed E-state index contributed by atoms with van der Waals surface area (Å²) in [4.78, 5) is 4.36. The third-order valence-electron chi connectivity index (χ3n) is 1.91. The Labute approximate surface area is 95.6 Å². The summed E-state index contributed by atoms with van der Waals surface area (Å²) in [6, 6.07) is 0.343. The zero-order valence-corrected chi connectivity index (χ0v) is 9.94. The summed E-state index contributed by atoms with van der Waals surface area (Å²) < 4.78 is 36.7. The summed E-state index contributed by atoms with van der Waals surface area (Å²) in [5.74, 6) is -0.0294. The minimum atomic E-state index is -2.21. The van der Waals surface area contributed by atoms with Gasteiger partial charge < -0.3 is 0 Å². The zero-order chi connectivity index (χ0) is 11.3. The predicted molar refractivity (Wildman–Crippen MR) is 61.4 cm³/mol. The Morgan fingerprint density at radius 3 is 2.80 bits per heavy atom. The normalized spacial score (nSPS) is 20.3. The van der Waals surface area contributed by atoms with E-state index in [0.29, 0.717) is 11.8 Å². The van der Waals surface area contributed by atoms with Gasteiger partial charge in [-0.15, -0.1) is 0 Å². The first-order chi connectivity index (χ1) is 7.13. The minimum Gasteiger partial charge on any atom is -0.267 e. The average molecular weight is 255 g/mol. The van der Waals surface area contributed by atoms with Crippen LogP contribution in [0.3, 0.4) is 0 Å². The van der Waals surface area contributed by atoms with Gasteiger partial charge in [-0.2, -0.15) is 8.78 Å². The van der Waals surface area contributed by atoms with Crippen molar-refractivity contribution >= 4 is 27.9 Å². The van der Waals surface area contributed by atoms with Crippen molar-refractivity contribution in [1.82, 2.24) is 0 Å². The van der Waals surface area contributed by atoms with Crippen LogP contribution in [0.25, 0.3) is 0 Å². The molecule has 0 radical (unpaired) electrons. The molecule has 0 amide bonds. The lowest BCUT2D eigenvalue weighted by Crippen LogP contribution is -1.99. The molecule has 1 atom stereocenters. The van der Waals surface area contributed by atoms with Gasteiger partial charge >= 0.3 is 6.08 Å². The van der Waals surface area contributed by atoms with Gasteiger partial charge in [-0.1, -0.05) is 30.4 Å². The van der Waals surface area contributed by atoms with Gasteiger partial charge in [0.05, 0.1) is 6.04 Å². The van der Waals surface area contributed by atoms with Crippen molar-refractivity contribution < 1.29 is 13.2 Å². The van der Waals surface area contributed by atoms with E-state index in [2.05, 4.69) is 11.9 Å². The van der Waals surface area contributed by atoms with Gasteiger partial charge in [-0.25, -0.2) is 4.39 Å². The maximum atomic E-state index is 12.4. The Kier molecular flexibility index (Phi) is 5.60. The predicted octanol–water partition coefficient (Wildman–Crippen LogP) is 4.07. The maximum absolute atomic E-state index is 12.4. The molecule has 0 N–H and O–H groups in total. The summed E-state index contributed by atoms with van der Waals surface area (Å²) in [6.07, 6.45) is -1.43. The van der Waals surface area contributed by atoms with Gasteiger partial charge in [-0.05, 0) is 6.42 Å². The van der Waals surface area contributed by atoms with E-state index in [1.165, 1.54) is 11.8 Å².